The summed E-state index contributed by atoms with van der Waals surface area (Å²) < 4.78 is 26.5. The topological polar surface area (TPSA) is 77.0 Å². The summed E-state index contributed by atoms with van der Waals surface area (Å²) in [5.41, 5.74) is -0.866. The molecule has 7 heteroatoms. The molecule has 0 bridgehead atoms. The minimum atomic E-state index is -2.99. The quantitative estimate of drug-likeness (QED) is 0.642. The lowest BCUT2D eigenvalue weighted by Gasteiger charge is -2.19. The number of ketones is 3. The molecule has 1 aliphatic carbocycles. The van der Waals surface area contributed by atoms with Gasteiger partial charge in [0.1, 0.15) is 11.6 Å². The van der Waals surface area contributed by atoms with Gasteiger partial charge < -0.3 is 0 Å². The first kappa shape index (κ1) is 15.3. The lowest BCUT2D eigenvalue weighted by atomic mass is 9.81. The SMILES string of the molecule is O=C1CCCC(=O)C1C(=O)c1cc2ccncc2nc1C(F)F. The van der Waals surface area contributed by atoms with Gasteiger partial charge in [-0.1, -0.05) is 0 Å². The molecule has 0 radical (unpaired) electrons. The summed E-state index contributed by atoms with van der Waals surface area (Å²) in [6, 6.07) is 2.78. The second-order valence-corrected chi connectivity index (χ2v) is 5.37. The van der Waals surface area contributed by atoms with Gasteiger partial charge in [0.25, 0.3) is 6.43 Å². The van der Waals surface area contributed by atoms with E-state index in [0.717, 1.165) is 0 Å². The van der Waals surface area contributed by atoms with Gasteiger partial charge in [-0.2, -0.15) is 0 Å². The third-order valence-electron chi connectivity index (χ3n) is 3.87. The van der Waals surface area contributed by atoms with Crippen molar-refractivity contribution in [3.8, 4) is 0 Å². The lowest BCUT2D eigenvalue weighted by molar-refractivity contribution is -0.133. The van der Waals surface area contributed by atoms with Gasteiger partial charge in [0.15, 0.2) is 17.3 Å². The number of hydrogen-bond donors (Lipinski definition) is 0. The fourth-order valence-corrected chi connectivity index (χ4v) is 2.75. The number of pyridine rings is 2. The molecule has 2 aromatic heterocycles. The average Bonchev–Trinajstić information content (AvgIpc) is 2.53. The zero-order chi connectivity index (χ0) is 16.6. The minimum Gasteiger partial charge on any atom is -0.298 e. The smallest absolute Gasteiger partial charge is 0.281 e. The first-order valence-corrected chi connectivity index (χ1v) is 7.11. The van der Waals surface area contributed by atoms with Gasteiger partial charge in [-0.05, 0) is 18.6 Å². The Bertz CT molecular complexity index is 804. The number of nitrogens with zero attached hydrogens (tertiary/aromatic N) is 2. The number of alkyl halides is 2. The van der Waals surface area contributed by atoms with Crippen LogP contribution < -0.4 is 0 Å². The Morgan fingerprint density at radius 3 is 2.57 bits per heavy atom. The molecule has 1 fully saturated rings. The Hall–Kier alpha value is -2.57. The van der Waals surface area contributed by atoms with Crippen LogP contribution in [0.3, 0.4) is 0 Å². The first-order chi connectivity index (χ1) is 11.0. The summed E-state index contributed by atoms with van der Waals surface area (Å²) in [6.07, 6.45) is 0.370. The second kappa shape index (κ2) is 5.91. The largest absolute Gasteiger partial charge is 0.298 e. The van der Waals surface area contributed by atoms with Crippen molar-refractivity contribution in [3.05, 3.63) is 35.8 Å². The van der Waals surface area contributed by atoms with Crippen LogP contribution >= 0.6 is 0 Å². The number of hydrogen-bond acceptors (Lipinski definition) is 5. The molecule has 1 saturated carbocycles. The van der Waals surface area contributed by atoms with Crippen molar-refractivity contribution in [3.63, 3.8) is 0 Å². The van der Waals surface area contributed by atoms with Crippen molar-refractivity contribution in [2.45, 2.75) is 25.7 Å². The Labute approximate surface area is 129 Å². The van der Waals surface area contributed by atoms with Gasteiger partial charge in [0.2, 0.25) is 0 Å². The van der Waals surface area contributed by atoms with Gasteiger partial charge in [-0.3, -0.25) is 19.4 Å². The van der Waals surface area contributed by atoms with E-state index in [9.17, 15) is 23.2 Å². The minimum absolute atomic E-state index is 0.108. The monoisotopic (exact) mass is 318 g/mol. The summed E-state index contributed by atoms with van der Waals surface area (Å²) in [5.74, 6) is -3.40. The third kappa shape index (κ3) is 2.74. The van der Waals surface area contributed by atoms with Crippen LogP contribution in [0.5, 0.6) is 0 Å². The van der Waals surface area contributed by atoms with Crippen molar-refractivity contribution in [1.82, 2.24) is 9.97 Å². The number of Topliss-reactive ketones (excluding diaryl/α,β-unsaturated/α-hetero) is 3. The number of carbonyl (C=O) groups is 3. The molecule has 3 rings (SSSR count). The molecule has 0 unspecified atom stereocenters. The third-order valence-corrected chi connectivity index (χ3v) is 3.87. The van der Waals surface area contributed by atoms with Crippen molar-refractivity contribution in [1.29, 1.82) is 0 Å². The predicted molar refractivity (Wildman–Crippen MR) is 76.2 cm³/mol. The predicted octanol–water partition coefficient (Wildman–Crippen LogP) is 2.69. The van der Waals surface area contributed by atoms with E-state index in [4.69, 9.17) is 0 Å². The molecular weight excluding hydrogens is 306 g/mol. The van der Waals surface area contributed by atoms with E-state index >= 15 is 0 Å². The molecule has 0 N–H and O–H groups in total. The number of rotatable bonds is 3. The summed E-state index contributed by atoms with van der Waals surface area (Å²) >= 11 is 0. The van der Waals surface area contributed by atoms with Crippen LogP contribution in [-0.4, -0.2) is 27.3 Å². The van der Waals surface area contributed by atoms with E-state index in [1.807, 2.05) is 0 Å². The van der Waals surface area contributed by atoms with Crippen LogP contribution in [0.4, 0.5) is 8.78 Å². The molecule has 118 valence electrons. The summed E-state index contributed by atoms with van der Waals surface area (Å²) in [7, 11) is 0. The lowest BCUT2D eigenvalue weighted by Crippen LogP contribution is -2.35. The normalized spacial score (nSPS) is 16.3. The van der Waals surface area contributed by atoms with Crippen molar-refractivity contribution in [2.24, 2.45) is 5.92 Å². The maximum Gasteiger partial charge on any atom is 0.281 e. The Morgan fingerprint density at radius 2 is 1.91 bits per heavy atom. The molecule has 2 aromatic rings. The maximum absolute atomic E-state index is 13.3. The number of aromatic nitrogens is 2. The Kier molecular flexibility index (Phi) is 3.94. The van der Waals surface area contributed by atoms with Crippen molar-refractivity contribution < 1.29 is 23.2 Å². The van der Waals surface area contributed by atoms with Crippen LogP contribution in [0, 0.1) is 5.92 Å². The molecule has 2 heterocycles. The van der Waals surface area contributed by atoms with E-state index < -0.39 is 35.4 Å². The van der Waals surface area contributed by atoms with Gasteiger partial charge >= 0.3 is 0 Å². The van der Waals surface area contributed by atoms with Crippen molar-refractivity contribution >= 4 is 28.3 Å². The zero-order valence-corrected chi connectivity index (χ0v) is 12.0. The molecular formula is C16H12F2N2O3. The van der Waals surface area contributed by atoms with Crippen LogP contribution in [-0.2, 0) is 9.59 Å². The van der Waals surface area contributed by atoms with Crippen molar-refractivity contribution in [2.75, 3.05) is 0 Å². The highest BCUT2D eigenvalue weighted by Crippen LogP contribution is 2.29. The standard InChI is InChI=1S/C16H12F2N2O3/c17-16(18)14-9(6-8-4-5-19-7-10(8)20-14)15(23)13-11(21)2-1-3-12(13)22/h4-7,13,16H,1-3H2. The highest BCUT2D eigenvalue weighted by Gasteiger charge is 2.38. The summed E-state index contributed by atoms with van der Waals surface area (Å²) in [5, 5.41) is 0.448. The van der Waals surface area contributed by atoms with Gasteiger partial charge in [0, 0.05) is 30.0 Å². The number of halogens is 2. The molecule has 0 saturated heterocycles. The molecule has 0 aromatic carbocycles. The van der Waals surface area contributed by atoms with E-state index in [-0.39, 0.29) is 23.9 Å². The number of fused-ring (bicyclic) bond motifs is 1. The Balaban J connectivity index is 2.13. The fourth-order valence-electron chi connectivity index (χ4n) is 2.75. The van der Waals surface area contributed by atoms with Gasteiger partial charge in [-0.25, -0.2) is 13.8 Å². The zero-order valence-electron chi connectivity index (χ0n) is 12.0. The fraction of sp³-hybridized carbons (Fsp3) is 0.312. The molecule has 23 heavy (non-hydrogen) atoms. The first-order valence-electron chi connectivity index (χ1n) is 7.11. The molecule has 0 amide bonds. The maximum atomic E-state index is 13.3. The van der Waals surface area contributed by atoms with E-state index in [0.29, 0.717) is 11.8 Å². The van der Waals surface area contributed by atoms with E-state index in [1.165, 1.54) is 24.5 Å². The average molecular weight is 318 g/mol. The highest BCUT2D eigenvalue weighted by atomic mass is 19.3. The highest BCUT2D eigenvalue weighted by molar-refractivity contribution is 6.25. The van der Waals surface area contributed by atoms with Crippen LogP contribution in [0.25, 0.3) is 10.9 Å². The van der Waals surface area contributed by atoms with E-state index in [2.05, 4.69) is 9.97 Å². The number of carbonyl (C=O) groups excluding carboxylic acids is 3. The second-order valence-electron chi connectivity index (χ2n) is 5.37. The molecule has 1 aliphatic rings. The van der Waals surface area contributed by atoms with Gasteiger partial charge in [-0.15, -0.1) is 0 Å². The Morgan fingerprint density at radius 1 is 1.22 bits per heavy atom. The molecule has 5 nitrogen and oxygen atoms in total. The van der Waals surface area contributed by atoms with Gasteiger partial charge in [0.05, 0.1) is 11.7 Å². The summed E-state index contributed by atoms with van der Waals surface area (Å²) in [6.45, 7) is 0. The molecule has 0 aliphatic heterocycles. The van der Waals surface area contributed by atoms with E-state index in [1.54, 1.807) is 0 Å². The van der Waals surface area contributed by atoms with Crippen LogP contribution in [0.2, 0.25) is 0 Å². The van der Waals surface area contributed by atoms with Crippen LogP contribution in [0.1, 0.15) is 41.7 Å². The molecule has 0 atom stereocenters. The van der Waals surface area contributed by atoms with Crippen LogP contribution in [0.15, 0.2) is 24.5 Å². The summed E-state index contributed by atoms with van der Waals surface area (Å²) in [4.78, 5) is 44.0. The molecule has 0 spiro atoms.